The third-order valence-electron chi connectivity index (χ3n) is 3.80. The first-order chi connectivity index (χ1) is 9.27. The zero-order valence-corrected chi connectivity index (χ0v) is 13.1. The lowest BCUT2D eigenvalue weighted by molar-refractivity contribution is -0.133. The summed E-state index contributed by atoms with van der Waals surface area (Å²) < 4.78 is 0. The number of aryl methyl sites for hydroxylation is 1. The summed E-state index contributed by atoms with van der Waals surface area (Å²) in [6.45, 7) is 3.68. The highest BCUT2D eigenvalue weighted by Gasteiger charge is 2.30. The van der Waals surface area contributed by atoms with E-state index in [9.17, 15) is 4.79 Å². The predicted molar refractivity (Wildman–Crippen MR) is 82.2 cm³/mol. The van der Waals surface area contributed by atoms with Gasteiger partial charge in [-0.15, -0.1) is 22.9 Å². The summed E-state index contributed by atoms with van der Waals surface area (Å²) in [5.41, 5.74) is 1.28. The molecular weight excluding hydrogens is 278 g/mol. The van der Waals surface area contributed by atoms with E-state index in [0.717, 1.165) is 38.6 Å². The van der Waals surface area contributed by atoms with Crippen LogP contribution in [0, 0.1) is 0 Å². The van der Waals surface area contributed by atoms with Crippen LogP contribution in [0.2, 0.25) is 0 Å². The van der Waals surface area contributed by atoms with E-state index in [0.29, 0.717) is 12.4 Å². The van der Waals surface area contributed by atoms with Gasteiger partial charge in [0.15, 0.2) is 0 Å². The molecule has 0 fully saturated rings. The van der Waals surface area contributed by atoms with Crippen LogP contribution in [0.1, 0.15) is 49.0 Å². The maximum Gasteiger partial charge on any atom is 0.230 e. The summed E-state index contributed by atoms with van der Waals surface area (Å²) in [5, 5.41) is 2.12. The second-order valence-corrected chi connectivity index (χ2v) is 6.49. The molecule has 0 bridgehead atoms. The van der Waals surface area contributed by atoms with Crippen molar-refractivity contribution in [3.8, 4) is 0 Å². The lowest BCUT2D eigenvalue weighted by Gasteiger charge is -2.29. The Kier molecular flexibility index (Phi) is 5.71. The number of halogens is 1. The van der Waals surface area contributed by atoms with Crippen molar-refractivity contribution in [3.05, 3.63) is 21.9 Å². The zero-order chi connectivity index (χ0) is 13.7. The Labute approximate surface area is 124 Å². The number of nitrogens with zero attached hydrogens (tertiary/aromatic N) is 1. The summed E-state index contributed by atoms with van der Waals surface area (Å²) in [7, 11) is 0. The van der Waals surface area contributed by atoms with Crippen LogP contribution >= 0.6 is 22.9 Å². The van der Waals surface area contributed by atoms with E-state index in [4.69, 9.17) is 11.6 Å². The van der Waals surface area contributed by atoms with Gasteiger partial charge in [0.05, 0.1) is 5.92 Å². The minimum atomic E-state index is 0.0788. The fraction of sp³-hybridized carbons (Fsp3) is 0.667. The first-order valence-electron chi connectivity index (χ1n) is 7.19. The maximum atomic E-state index is 12.7. The molecular formula is C15H22ClNOS. The molecule has 4 heteroatoms. The number of fused-ring (bicyclic) bond motifs is 1. The number of rotatable bonds is 6. The predicted octanol–water partition coefficient (Wildman–Crippen LogP) is 4.04. The van der Waals surface area contributed by atoms with Crippen LogP contribution in [0.25, 0.3) is 0 Å². The average molecular weight is 300 g/mol. The van der Waals surface area contributed by atoms with Crippen LogP contribution in [-0.4, -0.2) is 29.8 Å². The molecule has 2 rings (SSSR count). The minimum Gasteiger partial charge on any atom is -0.341 e. The molecule has 0 N–H and O–H groups in total. The third kappa shape index (κ3) is 3.51. The second kappa shape index (κ2) is 7.30. The fourth-order valence-electron chi connectivity index (χ4n) is 2.75. The number of unbranched alkanes of at least 4 members (excludes halogenated alkanes) is 1. The Morgan fingerprint density at radius 2 is 2.37 bits per heavy atom. The van der Waals surface area contributed by atoms with Crippen LogP contribution < -0.4 is 0 Å². The van der Waals surface area contributed by atoms with Gasteiger partial charge in [-0.1, -0.05) is 13.3 Å². The van der Waals surface area contributed by atoms with Crippen LogP contribution in [-0.2, 0) is 11.2 Å². The first-order valence-corrected chi connectivity index (χ1v) is 8.60. The summed E-state index contributed by atoms with van der Waals surface area (Å²) in [6.07, 6.45) is 5.44. The highest BCUT2D eigenvalue weighted by molar-refractivity contribution is 7.10. The summed E-state index contributed by atoms with van der Waals surface area (Å²) >= 11 is 7.64. The van der Waals surface area contributed by atoms with Gasteiger partial charge in [-0.25, -0.2) is 0 Å². The van der Waals surface area contributed by atoms with E-state index < -0.39 is 0 Å². The Morgan fingerprint density at radius 1 is 1.53 bits per heavy atom. The summed E-state index contributed by atoms with van der Waals surface area (Å²) in [5.74, 6) is 0.891. The highest BCUT2D eigenvalue weighted by Crippen LogP contribution is 2.36. The Bertz CT molecular complexity index is 418. The zero-order valence-electron chi connectivity index (χ0n) is 11.5. The van der Waals surface area contributed by atoms with E-state index in [1.54, 1.807) is 11.3 Å². The van der Waals surface area contributed by atoms with Crippen LogP contribution in [0.5, 0.6) is 0 Å². The number of carbonyl (C=O) groups is 1. The van der Waals surface area contributed by atoms with Crippen molar-refractivity contribution in [2.24, 2.45) is 0 Å². The molecule has 1 aliphatic carbocycles. The van der Waals surface area contributed by atoms with Crippen molar-refractivity contribution in [2.45, 2.75) is 44.9 Å². The second-order valence-electron chi connectivity index (χ2n) is 5.11. The lowest BCUT2D eigenvalue weighted by atomic mass is 9.86. The smallest absolute Gasteiger partial charge is 0.230 e. The maximum absolute atomic E-state index is 12.7. The van der Waals surface area contributed by atoms with E-state index in [-0.39, 0.29) is 11.8 Å². The van der Waals surface area contributed by atoms with Crippen molar-refractivity contribution in [3.63, 3.8) is 0 Å². The van der Waals surface area contributed by atoms with Crippen LogP contribution in [0.3, 0.4) is 0 Å². The van der Waals surface area contributed by atoms with Gasteiger partial charge in [0.25, 0.3) is 0 Å². The van der Waals surface area contributed by atoms with Crippen molar-refractivity contribution in [1.29, 1.82) is 0 Å². The molecule has 0 saturated heterocycles. The van der Waals surface area contributed by atoms with Crippen molar-refractivity contribution in [1.82, 2.24) is 4.90 Å². The van der Waals surface area contributed by atoms with Crippen molar-refractivity contribution in [2.75, 3.05) is 19.0 Å². The molecule has 106 valence electrons. The third-order valence-corrected chi connectivity index (χ3v) is 4.96. The summed E-state index contributed by atoms with van der Waals surface area (Å²) in [6, 6.07) is 2.14. The molecule has 0 aromatic carbocycles. The Balaban J connectivity index is 2.09. The molecule has 1 unspecified atom stereocenters. The molecule has 0 aliphatic heterocycles. The number of carbonyl (C=O) groups excluding carboxylic acids is 1. The van der Waals surface area contributed by atoms with Gasteiger partial charge in [0.2, 0.25) is 5.91 Å². The minimum absolute atomic E-state index is 0.0788. The van der Waals surface area contributed by atoms with Crippen molar-refractivity contribution < 1.29 is 4.79 Å². The average Bonchev–Trinajstić information content (AvgIpc) is 2.91. The first kappa shape index (κ1) is 14.9. The topological polar surface area (TPSA) is 20.3 Å². The van der Waals surface area contributed by atoms with Gasteiger partial charge in [-0.2, -0.15) is 0 Å². The number of amides is 1. The van der Waals surface area contributed by atoms with Gasteiger partial charge in [-0.3, -0.25) is 4.79 Å². The number of thiophene rings is 1. The molecule has 1 aliphatic rings. The number of alkyl halides is 1. The Morgan fingerprint density at radius 3 is 3.11 bits per heavy atom. The largest absolute Gasteiger partial charge is 0.341 e. The van der Waals surface area contributed by atoms with Gasteiger partial charge in [0.1, 0.15) is 0 Å². The highest BCUT2D eigenvalue weighted by atomic mass is 35.5. The molecule has 1 amide bonds. The quantitative estimate of drug-likeness (QED) is 0.726. The van der Waals surface area contributed by atoms with Crippen LogP contribution in [0.4, 0.5) is 0 Å². The molecule has 19 heavy (non-hydrogen) atoms. The van der Waals surface area contributed by atoms with Gasteiger partial charge < -0.3 is 4.90 Å². The number of hydrogen-bond donors (Lipinski definition) is 0. The molecule has 0 radical (unpaired) electrons. The SMILES string of the molecule is CCCCN(CCCl)C(=O)C1CCCc2sccc21. The molecule has 1 aromatic heterocycles. The Hall–Kier alpha value is -0.540. The van der Waals surface area contributed by atoms with Gasteiger partial charge >= 0.3 is 0 Å². The van der Waals surface area contributed by atoms with Gasteiger partial charge in [0, 0.05) is 23.8 Å². The van der Waals surface area contributed by atoms with E-state index in [1.807, 2.05) is 4.90 Å². The van der Waals surface area contributed by atoms with Gasteiger partial charge in [-0.05, 0) is 42.7 Å². The van der Waals surface area contributed by atoms with Crippen LogP contribution in [0.15, 0.2) is 11.4 Å². The monoisotopic (exact) mass is 299 g/mol. The molecule has 0 spiro atoms. The lowest BCUT2D eigenvalue weighted by Crippen LogP contribution is -2.38. The van der Waals surface area contributed by atoms with E-state index in [1.165, 1.54) is 10.4 Å². The molecule has 1 heterocycles. The fourth-order valence-corrected chi connectivity index (χ4v) is 3.94. The molecule has 1 atom stereocenters. The normalized spacial score (nSPS) is 18.1. The summed E-state index contributed by atoms with van der Waals surface area (Å²) in [4.78, 5) is 16.1. The molecule has 0 saturated carbocycles. The van der Waals surface area contributed by atoms with E-state index >= 15 is 0 Å². The molecule has 1 aromatic rings. The number of hydrogen-bond acceptors (Lipinski definition) is 2. The van der Waals surface area contributed by atoms with E-state index in [2.05, 4.69) is 18.4 Å². The molecule has 2 nitrogen and oxygen atoms in total. The standard InChI is InChI=1S/C15H22ClNOS/c1-2-3-9-17(10-8-16)15(18)13-5-4-6-14-12(13)7-11-19-14/h7,11,13H,2-6,8-10H2,1H3. The van der Waals surface area contributed by atoms with Crippen molar-refractivity contribution >= 4 is 28.8 Å².